The Balaban J connectivity index is 2.14. The predicted octanol–water partition coefficient (Wildman–Crippen LogP) is 2.08. The molecule has 5 heteroatoms. The first-order valence-corrected chi connectivity index (χ1v) is 6.48. The van der Waals surface area contributed by atoms with Gasteiger partial charge in [-0.1, -0.05) is 6.92 Å². The third kappa shape index (κ3) is 3.10. The first kappa shape index (κ1) is 13.9. The van der Waals surface area contributed by atoms with Gasteiger partial charge in [0.15, 0.2) is 0 Å². The molecule has 1 aliphatic heterocycles. The second kappa shape index (κ2) is 5.65. The fourth-order valence-corrected chi connectivity index (χ4v) is 2.51. The first-order chi connectivity index (χ1) is 8.99. The van der Waals surface area contributed by atoms with Crippen molar-refractivity contribution in [1.29, 1.82) is 0 Å². The minimum Gasteiger partial charge on any atom is -0.347 e. The Morgan fingerprint density at radius 3 is 2.79 bits per heavy atom. The van der Waals surface area contributed by atoms with Crippen molar-refractivity contribution >= 4 is 5.91 Å². The molecular formula is C14H18F2N2O. The van der Waals surface area contributed by atoms with Gasteiger partial charge in [0, 0.05) is 12.1 Å². The second-order valence-electron chi connectivity index (χ2n) is 5.13. The van der Waals surface area contributed by atoms with Crippen LogP contribution in [0.2, 0.25) is 0 Å². The Labute approximate surface area is 111 Å². The van der Waals surface area contributed by atoms with E-state index in [4.69, 9.17) is 0 Å². The number of hydrogen-bond donors (Lipinski definition) is 2. The van der Waals surface area contributed by atoms with Crippen LogP contribution in [0.1, 0.15) is 30.6 Å². The molecule has 104 valence electrons. The van der Waals surface area contributed by atoms with E-state index >= 15 is 0 Å². The van der Waals surface area contributed by atoms with Crippen LogP contribution in [0, 0.1) is 17.6 Å². The van der Waals surface area contributed by atoms with Crippen molar-refractivity contribution in [1.82, 2.24) is 10.6 Å². The normalized spacial score (nSPS) is 27.1. The zero-order valence-corrected chi connectivity index (χ0v) is 11.0. The monoisotopic (exact) mass is 268 g/mol. The standard InChI is InChI=1S/C14H18F2N2O/c1-8-5-6-17-9(2)13(8)18-14(19)11-7-10(15)3-4-12(11)16/h3-4,7-9,13,17H,5-6H2,1-2H3,(H,18,19). The minimum absolute atomic E-state index is 0.0797. The zero-order chi connectivity index (χ0) is 14.0. The van der Waals surface area contributed by atoms with E-state index in [0.29, 0.717) is 5.92 Å². The molecule has 19 heavy (non-hydrogen) atoms. The lowest BCUT2D eigenvalue weighted by molar-refractivity contribution is 0.0893. The van der Waals surface area contributed by atoms with Gasteiger partial charge in [0.1, 0.15) is 11.6 Å². The molecule has 0 spiro atoms. The van der Waals surface area contributed by atoms with Gasteiger partial charge >= 0.3 is 0 Å². The molecule has 1 fully saturated rings. The maximum absolute atomic E-state index is 13.5. The minimum atomic E-state index is -0.706. The van der Waals surface area contributed by atoms with Crippen LogP contribution in [-0.4, -0.2) is 24.5 Å². The van der Waals surface area contributed by atoms with E-state index < -0.39 is 17.5 Å². The second-order valence-corrected chi connectivity index (χ2v) is 5.13. The molecule has 0 aromatic heterocycles. The molecule has 3 unspecified atom stereocenters. The van der Waals surface area contributed by atoms with E-state index in [1.54, 1.807) is 0 Å². The third-order valence-electron chi connectivity index (χ3n) is 3.69. The van der Waals surface area contributed by atoms with Gasteiger partial charge in [-0.2, -0.15) is 0 Å². The van der Waals surface area contributed by atoms with E-state index in [-0.39, 0.29) is 17.6 Å². The molecule has 1 amide bonds. The summed E-state index contributed by atoms with van der Waals surface area (Å²) in [5.41, 5.74) is -0.245. The molecule has 3 nitrogen and oxygen atoms in total. The van der Waals surface area contributed by atoms with Crippen LogP contribution in [0.25, 0.3) is 0 Å². The Bertz CT molecular complexity index is 469. The molecule has 0 radical (unpaired) electrons. The lowest BCUT2D eigenvalue weighted by atomic mass is 9.89. The van der Waals surface area contributed by atoms with Crippen molar-refractivity contribution in [3.8, 4) is 0 Å². The number of hydrogen-bond acceptors (Lipinski definition) is 2. The van der Waals surface area contributed by atoms with Crippen LogP contribution in [0.5, 0.6) is 0 Å². The number of nitrogens with one attached hydrogen (secondary N) is 2. The van der Waals surface area contributed by atoms with Gasteiger partial charge in [-0.25, -0.2) is 8.78 Å². The molecule has 0 aliphatic carbocycles. The highest BCUT2D eigenvalue weighted by molar-refractivity contribution is 5.94. The summed E-state index contributed by atoms with van der Waals surface area (Å²) in [5.74, 6) is -1.58. The Kier molecular flexibility index (Phi) is 4.14. The summed E-state index contributed by atoms with van der Waals surface area (Å²) in [6.07, 6.45) is 0.945. The van der Waals surface area contributed by atoms with Gasteiger partial charge in [0.2, 0.25) is 0 Å². The molecule has 1 aromatic carbocycles. The van der Waals surface area contributed by atoms with E-state index in [1.165, 1.54) is 0 Å². The van der Waals surface area contributed by atoms with Gasteiger partial charge in [0.05, 0.1) is 5.56 Å². The Hall–Kier alpha value is -1.49. The van der Waals surface area contributed by atoms with Crippen molar-refractivity contribution < 1.29 is 13.6 Å². The summed E-state index contributed by atoms with van der Waals surface area (Å²) >= 11 is 0. The SMILES string of the molecule is CC1CCNC(C)C1NC(=O)c1cc(F)ccc1F. The molecule has 3 atom stereocenters. The molecule has 1 saturated heterocycles. The van der Waals surface area contributed by atoms with Crippen LogP contribution in [-0.2, 0) is 0 Å². The summed E-state index contributed by atoms with van der Waals surface area (Å²) in [4.78, 5) is 12.0. The molecule has 2 rings (SSSR count). The fraction of sp³-hybridized carbons (Fsp3) is 0.500. The summed E-state index contributed by atoms with van der Waals surface area (Å²) in [6, 6.07) is 2.93. The van der Waals surface area contributed by atoms with Crippen molar-refractivity contribution in [2.24, 2.45) is 5.92 Å². The van der Waals surface area contributed by atoms with Gasteiger partial charge in [-0.15, -0.1) is 0 Å². The smallest absolute Gasteiger partial charge is 0.254 e. The number of amides is 1. The van der Waals surface area contributed by atoms with Gasteiger partial charge < -0.3 is 10.6 Å². The average molecular weight is 268 g/mol. The van der Waals surface area contributed by atoms with E-state index in [1.807, 2.05) is 13.8 Å². The number of piperidine rings is 1. The number of benzene rings is 1. The third-order valence-corrected chi connectivity index (χ3v) is 3.69. The van der Waals surface area contributed by atoms with Crippen molar-refractivity contribution in [2.45, 2.75) is 32.4 Å². The molecule has 0 bridgehead atoms. The molecule has 1 heterocycles. The predicted molar refractivity (Wildman–Crippen MR) is 68.9 cm³/mol. The first-order valence-electron chi connectivity index (χ1n) is 6.48. The molecular weight excluding hydrogens is 250 g/mol. The highest BCUT2D eigenvalue weighted by Crippen LogP contribution is 2.17. The lowest BCUT2D eigenvalue weighted by Gasteiger charge is -2.36. The largest absolute Gasteiger partial charge is 0.347 e. The topological polar surface area (TPSA) is 41.1 Å². The summed E-state index contributed by atoms with van der Waals surface area (Å²) < 4.78 is 26.6. The van der Waals surface area contributed by atoms with E-state index in [0.717, 1.165) is 31.2 Å². The summed E-state index contributed by atoms with van der Waals surface area (Å²) in [6.45, 7) is 4.93. The van der Waals surface area contributed by atoms with Crippen LogP contribution in [0.3, 0.4) is 0 Å². The van der Waals surface area contributed by atoms with Crippen molar-refractivity contribution in [2.75, 3.05) is 6.54 Å². The Morgan fingerprint density at radius 1 is 1.37 bits per heavy atom. The molecule has 1 aromatic rings. The van der Waals surface area contributed by atoms with E-state index in [2.05, 4.69) is 10.6 Å². The molecule has 2 N–H and O–H groups in total. The lowest BCUT2D eigenvalue weighted by Crippen LogP contribution is -2.56. The van der Waals surface area contributed by atoms with Crippen LogP contribution >= 0.6 is 0 Å². The fourth-order valence-electron chi connectivity index (χ4n) is 2.51. The highest BCUT2D eigenvalue weighted by Gasteiger charge is 2.29. The van der Waals surface area contributed by atoms with Gasteiger partial charge in [-0.05, 0) is 44.0 Å². The summed E-state index contributed by atoms with van der Waals surface area (Å²) in [5, 5.41) is 6.06. The van der Waals surface area contributed by atoms with Crippen molar-refractivity contribution in [3.63, 3.8) is 0 Å². The molecule has 1 aliphatic rings. The maximum Gasteiger partial charge on any atom is 0.254 e. The van der Waals surface area contributed by atoms with Crippen LogP contribution in [0.4, 0.5) is 8.78 Å². The van der Waals surface area contributed by atoms with E-state index in [9.17, 15) is 13.6 Å². The average Bonchev–Trinajstić information content (AvgIpc) is 2.37. The molecule has 0 saturated carbocycles. The number of carbonyl (C=O) groups excluding carboxylic acids is 1. The maximum atomic E-state index is 13.5. The van der Waals surface area contributed by atoms with Crippen LogP contribution < -0.4 is 10.6 Å². The van der Waals surface area contributed by atoms with Crippen molar-refractivity contribution in [3.05, 3.63) is 35.4 Å². The van der Waals surface area contributed by atoms with Crippen LogP contribution in [0.15, 0.2) is 18.2 Å². The zero-order valence-electron chi connectivity index (χ0n) is 11.0. The summed E-state index contributed by atoms with van der Waals surface area (Å²) in [7, 11) is 0. The highest BCUT2D eigenvalue weighted by atomic mass is 19.1. The number of halogens is 2. The van der Waals surface area contributed by atoms with Gasteiger partial charge in [-0.3, -0.25) is 4.79 Å². The quantitative estimate of drug-likeness (QED) is 0.862. The van der Waals surface area contributed by atoms with Gasteiger partial charge in [0.25, 0.3) is 5.91 Å². The Morgan fingerprint density at radius 2 is 2.11 bits per heavy atom. The number of rotatable bonds is 2. The number of carbonyl (C=O) groups is 1.